The van der Waals surface area contributed by atoms with Crippen LogP contribution < -0.4 is 10.6 Å². The molecule has 0 aliphatic heterocycles. The molecule has 0 saturated heterocycles. The maximum absolute atomic E-state index is 12.8. The number of halogens is 3. The second-order valence-electron chi connectivity index (χ2n) is 6.88. The number of anilines is 1. The van der Waals surface area contributed by atoms with Crippen LogP contribution in [-0.4, -0.2) is 32.3 Å². The van der Waals surface area contributed by atoms with E-state index in [0.717, 1.165) is 23.9 Å². The number of nitrogens with zero attached hydrogens (tertiary/aromatic N) is 3. The van der Waals surface area contributed by atoms with Gasteiger partial charge in [0.05, 0.1) is 17.4 Å². The number of aromatic nitrogens is 3. The molecule has 2 aromatic carbocycles. The molecule has 168 valence electrons. The number of rotatable bonds is 7. The lowest BCUT2D eigenvalue weighted by Crippen LogP contribution is -2.28. The third-order valence-corrected chi connectivity index (χ3v) is 5.47. The van der Waals surface area contributed by atoms with Crippen LogP contribution >= 0.6 is 11.8 Å². The van der Waals surface area contributed by atoms with Gasteiger partial charge in [0.2, 0.25) is 5.91 Å². The van der Waals surface area contributed by atoms with E-state index in [9.17, 15) is 22.8 Å². The minimum absolute atomic E-state index is 0.0568. The number of alkyl halides is 3. The zero-order valence-corrected chi connectivity index (χ0v) is 18.0. The molecule has 32 heavy (non-hydrogen) atoms. The number of hydrogen-bond acceptors (Lipinski definition) is 5. The van der Waals surface area contributed by atoms with E-state index < -0.39 is 23.7 Å². The molecule has 2 N–H and O–H groups in total. The molecule has 1 atom stereocenters. The van der Waals surface area contributed by atoms with Crippen molar-refractivity contribution in [3.63, 3.8) is 0 Å². The van der Waals surface area contributed by atoms with Crippen LogP contribution in [0.4, 0.5) is 18.9 Å². The van der Waals surface area contributed by atoms with Gasteiger partial charge in [0.1, 0.15) is 0 Å². The summed E-state index contributed by atoms with van der Waals surface area (Å²) in [6.07, 6.45) is -4.49. The van der Waals surface area contributed by atoms with Gasteiger partial charge in [0.25, 0.3) is 5.91 Å². The van der Waals surface area contributed by atoms with Gasteiger partial charge >= 0.3 is 6.18 Å². The lowest BCUT2D eigenvalue weighted by molar-refractivity contribution is -0.137. The van der Waals surface area contributed by atoms with Gasteiger partial charge in [0, 0.05) is 18.3 Å². The average Bonchev–Trinajstić information content (AvgIpc) is 3.13. The van der Waals surface area contributed by atoms with E-state index in [1.807, 2.05) is 6.07 Å². The van der Waals surface area contributed by atoms with E-state index in [0.29, 0.717) is 16.5 Å². The SMILES string of the molecule is C[C@@H](NC(=O)c1ccccc1)c1nnc(SCC(=O)Nc2cccc(C(F)(F)F)c2)n1C. The number of carbonyl (C=O) groups is 2. The molecule has 0 aliphatic carbocycles. The van der Waals surface area contributed by atoms with Crippen LogP contribution in [0.5, 0.6) is 0 Å². The third kappa shape index (κ3) is 5.88. The van der Waals surface area contributed by atoms with E-state index >= 15 is 0 Å². The summed E-state index contributed by atoms with van der Waals surface area (Å²) in [5, 5.41) is 13.8. The Bertz CT molecular complexity index is 1100. The number of hydrogen-bond donors (Lipinski definition) is 2. The van der Waals surface area contributed by atoms with Crippen LogP contribution in [0.1, 0.15) is 34.7 Å². The predicted octanol–water partition coefficient (Wildman–Crippen LogP) is 4.06. The summed E-state index contributed by atoms with van der Waals surface area (Å²) in [7, 11) is 1.70. The molecular weight excluding hydrogens is 443 g/mol. The summed E-state index contributed by atoms with van der Waals surface area (Å²) in [6, 6.07) is 12.7. The van der Waals surface area contributed by atoms with Crippen molar-refractivity contribution in [1.29, 1.82) is 0 Å². The lowest BCUT2D eigenvalue weighted by atomic mass is 10.2. The predicted molar refractivity (Wildman–Crippen MR) is 114 cm³/mol. The largest absolute Gasteiger partial charge is 0.416 e. The highest BCUT2D eigenvalue weighted by Crippen LogP contribution is 2.30. The fraction of sp³-hybridized carbons (Fsp3) is 0.238. The minimum Gasteiger partial charge on any atom is -0.342 e. The first-order valence-corrected chi connectivity index (χ1v) is 10.5. The maximum atomic E-state index is 12.8. The second kappa shape index (κ2) is 9.86. The molecule has 0 aliphatic rings. The van der Waals surface area contributed by atoms with Crippen LogP contribution in [-0.2, 0) is 18.0 Å². The van der Waals surface area contributed by atoms with Crippen LogP contribution in [0, 0.1) is 0 Å². The van der Waals surface area contributed by atoms with Crippen LogP contribution in [0.25, 0.3) is 0 Å². The van der Waals surface area contributed by atoms with Crippen LogP contribution in [0.15, 0.2) is 59.8 Å². The highest BCUT2D eigenvalue weighted by Gasteiger charge is 2.30. The molecule has 7 nitrogen and oxygen atoms in total. The van der Waals surface area contributed by atoms with Crippen LogP contribution in [0.2, 0.25) is 0 Å². The Balaban J connectivity index is 1.57. The van der Waals surface area contributed by atoms with Gasteiger partial charge in [0.15, 0.2) is 11.0 Å². The first-order valence-electron chi connectivity index (χ1n) is 9.50. The van der Waals surface area contributed by atoms with Crippen molar-refractivity contribution in [3.05, 3.63) is 71.5 Å². The van der Waals surface area contributed by atoms with Crippen molar-refractivity contribution < 1.29 is 22.8 Å². The molecule has 0 saturated carbocycles. The van der Waals surface area contributed by atoms with Gasteiger partial charge in [-0.15, -0.1) is 10.2 Å². The Morgan fingerprint density at radius 1 is 1.09 bits per heavy atom. The Kier molecular flexibility index (Phi) is 7.18. The summed E-state index contributed by atoms with van der Waals surface area (Å²) in [5.74, 6) is -0.317. The smallest absolute Gasteiger partial charge is 0.342 e. The molecule has 0 unspecified atom stereocenters. The highest BCUT2D eigenvalue weighted by molar-refractivity contribution is 7.99. The number of benzene rings is 2. The Morgan fingerprint density at radius 3 is 2.50 bits per heavy atom. The fourth-order valence-electron chi connectivity index (χ4n) is 2.86. The molecule has 0 fully saturated rings. The Hall–Kier alpha value is -3.34. The van der Waals surface area contributed by atoms with Gasteiger partial charge in [-0.3, -0.25) is 9.59 Å². The summed E-state index contributed by atoms with van der Waals surface area (Å²) < 4.78 is 40.1. The summed E-state index contributed by atoms with van der Waals surface area (Å²) in [6.45, 7) is 1.76. The Labute approximate surface area is 186 Å². The number of nitrogens with one attached hydrogen (secondary N) is 2. The van der Waals surface area contributed by atoms with Crippen molar-refractivity contribution in [2.75, 3.05) is 11.1 Å². The Morgan fingerprint density at radius 2 is 1.81 bits per heavy atom. The van der Waals surface area contributed by atoms with Gasteiger partial charge in [-0.25, -0.2) is 0 Å². The second-order valence-corrected chi connectivity index (χ2v) is 7.82. The molecule has 0 bridgehead atoms. The van der Waals surface area contributed by atoms with Crippen molar-refractivity contribution in [2.45, 2.75) is 24.3 Å². The summed E-state index contributed by atoms with van der Waals surface area (Å²) >= 11 is 1.08. The van der Waals surface area contributed by atoms with Gasteiger partial charge in [-0.1, -0.05) is 36.0 Å². The van der Waals surface area contributed by atoms with E-state index in [1.165, 1.54) is 12.1 Å². The van der Waals surface area contributed by atoms with Crippen LogP contribution in [0.3, 0.4) is 0 Å². The zero-order valence-electron chi connectivity index (χ0n) is 17.2. The van der Waals surface area contributed by atoms with Crippen molar-refractivity contribution >= 4 is 29.3 Å². The summed E-state index contributed by atoms with van der Waals surface area (Å²) in [4.78, 5) is 24.5. The normalized spacial score (nSPS) is 12.3. The van der Waals surface area contributed by atoms with Crippen molar-refractivity contribution in [2.24, 2.45) is 7.05 Å². The van der Waals surface area contributed by atoms with Gasteiger partial charge < -0.3 is 15.2 Å². The third-order valence-electron chi connectivity index (χ3n) is 4.45. The lowest BCUT2D eigenvalue weighted by Gasteiger charge is -2.13. The maximum Gasteiger partial charge on any atom is 0.416 e. The van der Waals surface area contributed by atoms with E-state index in [1.54, 1.807) is 42.8 Å². The first kappa shape index (κ1) is 23.3. The van der Waals surface area contributed by atoms with Gasteiger partial charge in [-0.2, -0.15) is 13.2 Å². The molecule has 1 aromatic heterocycles. The number of thioether (sulfide) groups is 1. The molecular formula is C21H20F3N5O2S. The fourth-order valence-corrected chi connectivity index (χ4v) is 3.58. The molecule has 11 heteroatoms. The average molecular weight is 463 g/mol. The highest BCUT2D eigenvalue weighted by atomic mass is 32.2. The van der Waals surface area contributed by atoms with Crippen molar-refractivity contribution in [3.8, 4) is 0 Å². The molecule has 1 heterocycles. The molecule has 3 rings (SSSR count). The van der Waals surface area contributed by atoms with Gasteiger partial charge in [-0.05, 0) is 37.3 Å². The quantitative estimate of drug-likeness (QED) is 0.516. The first-order chi connectivity index (χ1) is 15.1. The standard InChI is InChI=1S/C21H20F3N5O2S/c1-13(25-19(31)14-7-4-3-5-8-14)18-27-28-20(29(18)2)32-12-17(30)26-16-10-6-9-15(11-16)21(22,23)24/h3-11,13H,12H2,1-2H3,(H,25,31)(H,26,30)/t13-/m1/s1. The van der Waals surface area contributed by atoms with E-state index in [-0.39, 0.29) is 17.3 Å². The van der Waals surface area contributed by atoms with E-state index in [4.69, 9.17) is 0 Å². The molecule has 0 radical (unpaired) electrons. The van der Waals surface area contributed by atoms with E-state index in [2.05, 4.69) is 20.8 Å². The minimum atomic E-state index is -4.49. The van der Waals surface area contributed by atoms with Crippen molar-refractivity contribution in [1.82, 2.24) is 20.1 Å². The number of carbonyl (C=O) groups excluding carboxylic acids is 2. The molecule has 0 spiro atoms. The molecule has 2 amide bonds. The topological polar surface area (TPSA) is 88.9 Å². The number of amides is 2. The zero-order chi connectivity index (χ0) is 23.3. The molecule has 3 aromatic rings. The monoisotopic (exact) mass is 463 g/mol. The summed E-state index contributed by atoms with van der Waals surface area (Å²) in [5.41, 5.74) is -0.267.